The maximum Gasteiger partial charge on any atom is 0.0722 e. The first-order chi connectivity index (χ1) is 8.36. The molecule has 86 valence electrons. The maximum absolute atomic E-state index is 4.37. The molecule has 0 atom stereocenters. The van der Waals surface area contributed by atoms with E-state index in [1.807, 2.05) is 42.6 Å². The van der Waals surface area contributed by atoms with Crippen molar-refractivity contribution in [3.63, 3.8) is 0 Å². The van der Waals surface area contributed by atoms with Gasteiger partial charge < -0.3 is 4.90 Å². The zero-order valence-corrected chi connectivity index (χ0v) is 9.84. The number of aromatic nitrogens is 1. The standard InChI is InChI=1S/C15H16N2/c1-3-11-17(12-4-2)15-9-10-16-14-8-6-5-7-13(14)15/h3-10H,1-2,11-12H2. The molecule has 0 aliphatic rings. The summed E-state index contributed by atoms with van der Waals surface area (Å²) in [6.45, 7) is 9.20. The second-order valence-electron chi connectivity index (χ2n) is 3.83. The van der Waals surface area contributed by atoms with Crippen LogP contribution in [-0.2, 0) is 0 Å². The summed E-state index contributed by atoms with van der Waals surface area (Å²) in [5.41, 5.74) is 2.19. The van der Waals surface area contributed by atoms with E-state index in [1.54, 1.807) is 0 Å². The van der Waals surface area contributed by atoms with Crippen LogP contribution in [0.1, 0.15) is 0 Å². The Morgan fingerprint density at radius 3 is 2.47 bits per heavy atom. The van der Waals surface area contributed by atoms with Gasteiger partial charge in [0.25, 0.3) is 0 Å². The lowest BCUT2D eigenvalue weighted by atomic mass is 10.1. The molecule has 0 N–H and O–H groups in total. The van der Waals surface area contributed by atoms with E-state index in [0.717, 1.165) is 18.6 Å². The predicted octanol–water partition coefficient (Wildman–Crippen LogP) is 3.41. The van der Waals surface area contributed by atoms with Gasteiger partial charge in [0.1, 0.15) is 0 Å². The molecule has 0 spiro atoms. The normalized spacial score (nSPS) is 10.1. The van der Waals surface area contributed by atoms with Crippen molar-refractivity contribution in [1.82, 2.24) is 4.98 Å². The molecule has 2 heteroatoms. The van der Waals surface area contributed by atoms with Crippen LogP contribution in [0.15, 0.2) is 61.8 Å². The maximum atomic E-state index is 4.37. The van der Waals surface area contributed by atoms with E-state index >= 15 is 0 Å². The molecule has 0 aliphatic carbocycles. The van der Waals surface area contributed by atoms with Crippen LogP contribution in [0.25, 0.3) is 10.9 Å². The largest absolute Gasteiger partial charge is 0.364 e. The average molecular weight is 224 g/mol. The van der Waals surface area contributed by atoms with E-state index in [9.17, 15) is 0 Å². The van der Waals surface area contributed by atoms with Crippen LogP contribution in [0.3, 0.4) is 0 Å². The fraction of sp³-hybridized carbons (Fsp3) is 0.133. The highest BCUT2D eigenvalue weighted by atomic mass is 15.1. The summed E-state index contributed by atoms with van der Waals surface area (Å²) < 4.78 is 0. The van der Waals surface area contributed by atoms with E-state index in [-0.39, 0.29) is 0 Å². The van der Waals surface area contributed by atoms with Gasteiger partial charge in [0, 0.05) is 30.4 Å². The fourth-order valence-corrected chi connectivity index (χ4v) is 1.94. The van der Waals surface area contributed by atoms with Gasteiger partial charge in [-0.3, -0.25) is 4.98 Å². The van der Waals surface area contributed by atoms with Gasteiger partial charge in [-0.25, -0.2) is 0 Å². The third kappa shape index (κ3) is 2.36. The molecule has 1 heterocycles. The van der Waals surface area contributed by atoms with Gasteiger partial charge in [0.15, 0.2) is 0 Å². The number of rotatable bonds is 5. The summed E-state index contributed by atoms with van der Waals surface area (Å²) in [5, 5.41) is 1.17. The van der Waals surface area contributed by atoms with Crippen molar-refractivity contribution < 1.29 is 0 Å². The molecule has 0 radical (unpaired) electrons. The Bertz CT molecular complexity index is 516. The fourth-order valence-electron chi connectivity index (χ4n) is 1.94. The Morgan fingerprint density at radius 2 is 1.76 bits per heavy atom. The smallest absolute Gasteiger partial charge is 0.0722 e. The molecule has 2 aromatic rings. The molecule has 1 aromatic heterocycles. The van der Waals surface area contributed by atoms with E-state index in [2.05, 4.69) is 29.1 Å². The van der Waals surface area contributed by atoms with Crippen molar-refractivity contribution in [2.24, 2.45) is 0 Å². The van der Waals surface area contributed by atoms with Crippen LogP contribution in [0, 0.1) is 0 Å². The Hall–Kier alpha value is -2.09. The Kier molecular flexibility index (Phi) is 3.55. The number of hydrogen-bond acceptors (Lipinski definition) is 2. The highest BCUT2D eigenvalue weighted by Crippen LogP contribution is 2.24. The molecule has 0 saturated carbocycles. The highest BCUT2D eigenvalue weighted by molar-refractivity contribution is 5.91. The number of anilines is 1. The topological polar surface area (TPSA) is 16.1 Å². The number of pyridine rings is 1. The zero-order chi connectivity index (χ0) is 12.1. The third-order valence-corrected chi connectivity index (χ3v) is 2.67. The summed E-state index contributed by atoms with van der Waals surface area (Å²) in [7, 11) is 0. The minimum Gasteiger partial charge on any atom is -0.364 e. The quantitative estimate of drug-likeness (QED) is 0.723. The first-order valence-electron chi connectivity index (χ1n) is 5.67. The number of nitrogens with zero attached hydrogens (tertiary/aromatic N) is 2. The summed E-state index contributed by atoms with van der Waals surface area (Å²) in [6, 6.07) is 10.2. The molecule has 0 bridgehead atoms. The molecule has 17 heavy (non-hydrogen) atoms. The predicted molar refractivity (Wildman–Crippen MR) is 74.4 cm³/mol. The van der Waals surface area contributed by atoms with Crippen LogP contribution < -0.4 is 4.90 Å². The molecular weight excluding hydrogens is 208 g/mol. The van der Waals surface area contributed by atoms with Gasteiger partial charge in [0.2, 0.25) is 0 Å². The van der Waals surface area contributed by atoms with Crippen LogP contribution >= 0.6 is 0 Å². The lowest BCUT2D eigenvalue weighted by Crippen LogP contribution is -2.23. The molecule has 0 aliphatic heterocycles. The summed E-state index contributed by atoms with van der Waals surface area (Å²) in [6.07, 6.45) is 5.65. The second-order valence-corrected chi connectivity index (χ2v) is 3.83. The summed E-state index contributed by atoms with van der Waals surface area (Å²) in [5.74, 6) is 0. The molecule has 2 nitrogen and oxygen atoms in total. The first kappa shape index (κ1) is 11.4. The van der Waals surface area contributed by atoms with Gasteiger partial charge in [-0.2, -0.15) is 0 Å². The van der Waals surface area contributed by atoms with E-state index < -0.39 is 0 Å². The van der Waals surface area contributed by atoms with Crippen LogP contribution in [0.5, 0.6) is 0 Å². The van der Waals surface area contributed by atoms with Gasteiger partial charge in [-0.1, -0.05) is 30.4 Å². The molecule has 0 amide bonds. The molecule has 0 saturated heterocycles. The Morgan fingerprint density at radius 1 is 1.06 bits per heavy atom. The summed E-state index contributed by atoms with van der Waals surface area (Å²) in [4.78, 5) is 6.59. The summed E-state index contributed by atoms with van der Waals surface area (Å²) >= 11 is 0. The van der Waals surface area contributed by atoms with Crippen LogP contribution in [-0.4, -0.2) is 18.1 Å². The Balaban J connectivity index is 2.51. The van der Waals surface area contributed by atoms with Crippen molar-refractivity contribution in [3.05, 3.63) is 61.8 Å². The highest BCUT2D eigenvalue weighted by Gasteiger charge is 2.07. The minimum absolute atomic E-state index is 0.806. The number of para-hydroxylation sites is 1. The second kappa shape index (κ2) is 5.30. The molecule has 1 aromatic carbocycles. The van der Waals surface area contributed by atoms with Gasteiger partial charge >= 0.3 is 0 Å². The van der Waals surface area contributed by atoms with Gasteiger partial charge in [0.05, 0.1) is 5.52 Å². The first-order valence-corrected chi connectivity index (χ1v) is 5.67. The molecule has 0 fully saturated rings. The van der Waals surface area contributed by atoms with Crippen molar-refractivity contribution in [3.8, 4) is 0 Å². The lowest BCUT2D eigenvalue weighted by Gasteiger charge is -2.23. The third-order valence-electron chi connectivity index (χ3n) is 2.67. The average Bonchev–Trinajstić information content (AvgIpc) is 2.38. The molecule has 0 unspecified atom stereocenters. The van der Waals surface area contributed by atoms with E-state index in [1.165, 1.54) is 11.1 Å². The van der Waals surface area contributed by atoms with Crippen molar-refractivity contribution in [2.75, 3.05) is 18.0 Å². The monoisotopic (exact) mass is 224 g/mol. The van der Waals surface area contributed by atoms with Crippen LogP contribution in [0.4, 0.5) is 5.69 Å². The van der Waals surface area contributed by atoms with Crippen LogP contribution in [0.2, 0.25) is 0 Å². The number of hydrogen-bond donors (Lipinski definition) is 0. The number of fused-ring (bicyclic) bond motifs is 1. The van der Waals surface area contributed by atoms with E-state index in [0.29, 0.717) is 0 Å². The van der Waals surface area contributed by atoms with E-state index in [4.69, 9.17) is 0 Å². The Labute approximate surface area is 102 Å². The molecular formula is C15H16N2. The van der Waals surface area contributed by atoms with Crippen molar-refractivity contribution in [2.45, 2.75) is 0 Å². The SMILES string of the molecule is C=CCN(CC=C)c1ccnc2ccccc12. The van der Waals surface area contributed by atoms with Crippen molar-refractivity contribution in [1.29, 1.82) is 0 Å². The van der Waals surface area contributed by atoms with Gasteiger partial charge in [-0.15, -0.1) is 13.2 Å². The lowest BCUT2D eigenvalue weighted by molar-refractivity contribution is 0.961. The molecule has 2 rings (SSSR count). The minimum atomic E-state index is 0.806. The van der Waals surface area contributed by atoms with Crippen molar-refractivity contribution >= 4 is 16.6 Å². The number of benzene rings is 1. The van der Waals surface area contributed by atoms with Gasteiger partial charge in [-0.05, 0) is 12.1 Å². The zero-order valence-electron chi connectivity index (χ0n) is 9.84.